The molecule has 0 aromatic heterocycles. The average molecular weight is 275 g/mol. The van der Waals surface area contributed by atoms with Gasteiger partial charge in [-0.3, -0.25) is 4.79 Å². The quantitative estimate of drug-likeness (QED) is 0.907. The van der Waals surface area contributed by atoms with Gasteiger partial charge < -0.3 is 15.5 Å². The molecule has 0 atom stereocenters. The lowest BCUT2D eigenvalue weighted by Gasteiger charge is -2.22. The second-order valence-corrected chi connectivity index (χ2v) is 5.58. The monoisotopic (exact) mass is 275 g/mol. The molecule has 1 amide bonds. The predicted molar refractivity (Wildman–Crippen MR) is 81.9 cm³/mol. The van der Waals surface area contributed by atoms with Crippen LogP contribution in [0.15, 0.2) is 18.2 Å². The third-order valence-electron chi connectivity index (χ3n) is 4.07. The molecule has 4 heteroatoms. The van der Waals surface area contributed by atoms with Gasteiger partial charge in [-0.15, -0.1) is 0 Å². The molecule has 0 saturated carbocycles. The highest BCUT2D eigenvalue weighted by Crippen LogP contribution is 2.13. The minimum Gasteiger partial charge on any atom is -0.337 e. The van der Waals surface area contributed by atoms with Crippen molar-refractivity contribution in [2.24, 2.45) is 5.73 Å². The summed E-state index contributed by atoms with van der Waals surface area (Å²) in [5.74, 6) is 0.155. The van der Waals surface area contributed by atoms with Crippen molar-refractivity contribution in [1.82, 2.24) is 9.80 Å². The SMILES string of the molecule is Cc1ccc(C(=O)N2CCCN(CCN)CC2)cc1C. The highest BCUT2D eigenvalue weighted by molar-refractivity contribution is 5.94. The van der Waals surface area contributed by atoms with Crippen molar-refractivity contribution in [3.8, 4) is 0 Å². The van der Waals surface area contributed by atoms with Crippen molar-refractivity contribution < 1.29 is 4.79 Å². The zero-order chi connectivity index (χ0) is 14.5. The van der Waals surface area contributed by atoms with Crippen LogP contribution in [0.25, 0.3) is 0 Å². The zero-order valence-corrected chi connectivity index (χ0v) is 12.6. The van der Waals surface area contributed by atoms with Gasteiger partial charge in [0.25, 0.3) is 5.91 Å². The van der Waals surface area contributed by atoms with E-state index in [1.54, 1.807) is 0 Å². The summed E-state index contributed by atoms with van der Waals surface area (Å²) in [5, 5.41) is 0. The summed E-state index contributed by atoms with van der Waals surface area (Å²) in [6, 6.07) is 5.97. The molecule has 4 nitrogen and oxygen atoms in total. The molecule has 0 spiro atoms. The Morgan fingerprint density at radius 1 is 1.15 bits per heavy atom. The van der Waals surface area contributed by atoms with E-state index >= 15 is 0 Å². The normalized spacial score (nSPS) is 17.1. The van der Waals surface area contributed by atoms with E-state index in [9.17, 15) is 4.79 Å². The predicted octanol–water partition coefficient (Wildman–Crippen LogP) is 1.41. The number of benzene rings is 1. The van der Waals surface area contributed by atoms with E-state index in [1.807, 2.05) is 23.1 Å². The van der Waals surface area contributed by atoms with E-state index in [2.05, 4.69) is 18.7 Å². The largest absolute Gasteiger partial charge is 0.337 e. The maximum Gasteiger partial charge on any atom is 0.253 e. The number of hydrogen-bond donors (Lipinski definition) is 1. The van der Waals surface area contributed by atoms with E-state index < -0.39 is 0 Å². The van der Waals surface area contributed by atoms with Gasteiger partial charge in [-0.05, 0) is 50.1 Å². The third kappa shape index (κ3) is 3.58. The molecule has 2 rings (SSSR count). The number of amides is 1. The van der Waals surface area contributed by atoms with Crippen molar-refractivity contribution in [3.63, 3.8) is 0 Å². The van der Waals surface area contributed by atoms with Crippen molar-refractivity contribution in [2.75, 3.05) is 39.3 Å². The summed E-state index contributed by atoms with van der Waals surface area (Å²) in [6.45, 7) is 9.33. The molecule has 1 aromatic rings. The van der Waals surface area contributed by atoms with Crippen LogP contribution >= 0.6 is 0 Å². The minimum absolute atomic E-state index is 0.155. The Morgan fingerprint density at radius 3 is 2.65 bits per heavy atom. The number of rotatable bonds is 3. The Hall–Kier alpha value is -1.39. The van der Waals surface area contributed by atoms with Crippen LogP contribution in [0.2, 0.25) is 0 Å². The van der Waals surface area contributed by atoms with Crippen molar-refractivity contribution in [3.05, 3.63) is 34.9 Å². The molecular weight excluding hydrogens is 250 g/mol. The van der Waals surface area contributed by atoms with Gasteiger partial charge in [-0.2, -0.15) is 0 Å². The molecular formula is C16H25N3O. The van der Waals surface area contributed by atoms with E-state index in [1.165, 1.54) is 11.1 Å². The zero-order valence-electron chi connectivity index (χ0n) is 12.6. The van der Waals surface area contributed by atoms with Crippen molar-refractivity contribution in [2.45, 2.75) is 20.3 Å². The number of nitrogens with zero attached hydrogens (tertiary/aromatic N) is 2. The number of aryl methyl sites for hydroxylation is 2. The molecule has 1 saturated heterocycles. The molecule has 0 aliphatic carbocycles. The van der Waals surface area contributed by atoms with E-state index in [0.717, 1.165) is 44.7 Å². The summed E-state index contributed by atoms with van der Waals surface area (Å²) in [7, 11) is 0. The smallest absolute Gasteiger partial charge is 0.253 e. The van der Waals surface area contributed by atoms with E-state index in [4.69, 9.17) is 5.73 Å². The van der Waals surface area contributed by atoms with Crippen LogP contribution in [0.5, 0.6) is 0 Å². The van der Waals surface area contributed by atoms with Crippen LogP contribution in [-0.4, -0.2) is 55.0 Å². The Kier molecular flexibility index (Phi) is 5.15. The molecule has 1 heterocycles. The van der Waals surface area contributed by atoms with E-state index in [0.29, 0.717) is 6.54 Å². The lowest BCUT2D eigenvalue weighted by Crippen LogP contribution is -2.36. The molecule has 0 unspecified atom stereocenters. The van der Waals surface area contributed by atoms with Crippen LogP contribution in [0.3, 0.4) is 0 Å². The fourth-order valence-corrected chi connectivity index (χ4v) is 2.64. The lowest BCUT2D eigenvalue weighted by atomic mass is 10.1. The maximum atomic E-state index is 12.6. The standard InChI is InChI=1S/C16H25N3O/c1-13-4-5-15(12-14(13)2)16(20)19-8-3-7-18(9-6-17)10-11-19/h4-5,12H,3,6-11,17H2,1-2H3. The fourth-order valence-electron chi connectivity index (χ4n) is 2.64. The molecule has 1 aliphatic heterocycles. The molecule has 1 aromatic carbocycles. The van der Waals surface area contributed by atoms with Crippen LogP contribution in [0.4, 0.5) is 0 Å². The Labute approximate surface area is 121 Å². The number of nitrogens with two attached hydrogens (primary N) is 1. The number of carbonyl (C=O) groups excluding carboxylic acids is 1. The summed E-state index contributed by atoms with van der Waals surface area (Å²) in [6.07, 6.45) is 1.02. The summed E-state index contributed by atoms with van der Waals surface area (Å²) in [4.78, 5) is 16.9. The fraction of sp³-hybridized carbons (Fsp3) is 0.562. The Balaban J connectivity index is 2.03. The number of carbonyl (C=O) groups is 1. The number of hydrogen-bond acceptors (Lipinski definition) is 3. The summed E-state index contributed by atoms with van der Waals surface area (Å²) >= 11 is 0. The van der Waals surface area contributed by atoms with Crippen molar-refractivity contribution in [1.29, 1.82) is 0 Å². The van der Waals surface area contributed by atoms with Gasteiger partial charge in [-0.25, -0.2) is 0 Å². The van der Waals surface area contributed by atoms with Crippen LogP contribution in [0.1, 0.15) is 27.9 Å². The highest BCUT2D eigenvalue weighted by Gasteiger charge is 2.20. The molecule has 1 aliphatic rings. The van der Waals surface area contributed by atoms with Gasteiger partial charge in [0.15, 0.2) is 0 Å². The van der Waals surface area contributed by atoms with Crippen LogP contribution in [-0.2, 0) is 0 Å². The van der Waals surface area contributed by atoms with E-state index in [-0.39, 0.29) is 5.91 Å². The van der Waals surface area contributed by atoms with Gasteiger partial charge in [-0.1, -0.05) is 6.07 Å². The van der Waals surface area contributed by atoms with Crippen LogP contribution in [0, 0.1) is 13.8 Å². The molecule has 0 bridgehead atoms. The molecule has 0 radical (unpaired) electrons. The van der Waals surface area contributed by atoms with Crippen LogP contribution < -0.4 is 5.73 Å². The first kappa shape index (κ1) is 15.0. The third-order valence-corrected chi connectivity index (χ3v) is 4.07. The first-order valence-corrected chi connectivity index (χ1v) is 7.41. The molecule has 1 fully saturated rings. The van der Waals surface area contributed by atoms with Gasteiger partial charge in [0.1, 0.15) is 0 Å². The molecule has 20 heavy (non-hydrogen) atoms. The first-order chi connectivity index (χ1) is 9.61. The second-order valence-electron chi connectivity index (χ2n) is 5.58. The van der Waals surface area contributed by atoms with Gasteiger partial charge in [0, 0.05) is 38.3 Å². The average Bonchev–Trinajstić information content (AvgIpc) is 2.67. The summed E-state index contributed by atoms with van der Waals surface area (Å²) < 4.78 is 0. The lowest BCUT2D eigenvalue weighted by molar-refractivity contribution is 0.0761. The topological polar surface area (TPSA) is 49.6 Å². The summed E-state index contributed by atoms with van der Waals surface area (Å²) in [5.41, 5.74) is 8.81. The van der Waals surface area contributed by atoms with Gasteiger partial charge in [0.2, 0.25) is 0 Å². The highest BCUT2D eigenvalue weighted by atomic mass is 16.2. The molecule has 110 valence electrons. The molecule has 2 N–H and O–H groups in total. The second kappa shape index (κ2) is 6.86. The maximum absolute atomic E-state index is 12.6. The van der Waals surface area contributed by atoms with Crippen molar-refractivity contribution >= 4 is 5.91 Å². The Bertz CT molecular complexity index is 473. The Morgan fingerprint density at radius 2 is 1.95 bits per heavy atom. The van der Waals surface area contributed by atoms with Gasteiger partial charge in [0.05, 0.1) is 0 Å². The first-order valence-electron chi connectivity index (χ1n) is 7.41. The van der Waals surface area contributed by atoms with Gasteiger partial charge >= 0.3 is 0 Å². The minimum atomic E-state index is 0.155.